The van der Waals surface area contributed by atoms with Crippen LogP contribution in [0.25, 0.3) is 0 Å². The summed E-state index contributed by atoms with van der Waals surface area (Å²) in [6.45, 7) is 7.14. The lowest BCUT2D eigenvalue weighted by Crippen LogP contribution is -2.31. The first-order valence-electron chi connectivity index (χ1n) is 6.58. The lowest BCUT2D eigenvalue weighted by molar-refractivity contribution is 0.512. The molecule has 0 bridgehead atoms. The number of hydrogen-bond acceptors (Lipinski definition) is 4. The van der Waals surface area contributed by atoms with Crippen molar-refractivity contribution in [3.05, 3.63) is 46.8 Å². The maximum atomic E-state index is 5.74. The molecule has 0 radical (unpaired) electrons. The summed E-state index contributed by atoms with van der Waals surface area (Å²) in [7, 11) is 0. The fourth-order valence-electron chi connectivity index (χ4n) is 2.40. The van der Waals surface area contributed by atoms with Gasteiger partial charge in [-0.05, 0) is 25.8 Å². The lowest BCUT2D eigenvalue weighted by atomic mass is 10.00. The molecule has 1 unspecified atom stereocenters. The van der Waals surface area contributed by atoms with Crippen LogP contribution in [0.15, 0.2) is 24.4 Å². The highest BCUT2D eigenvalue weighted by Gasteiger charge is 2.18. The number of benzene rings is 1. The van der Waals surface area contributed by atoms with Crippen LogP contribution < -0.4 is 11.3 Å². The molecule has 2 aromatic rings. The minimum absolute atomic E-state index is 0.0832. The molecule has 0 aliphatic rings. The number of nitrogens with zero attached hydrogens (tertiary/aromatic N) is 3. The first-order valence-corrected chi connectivity index (χ1v) is 6.58. The van der Waals surface area contributed by atoms with Crippen LogP contribution in [0.1, 0.15) is 41.8 Å². The van der Waals surface area contributed by atoms with Gasteiger partial charge in [0.25, 0.3) is 0 Å². The van der Waals surface area contributed by atoms with Crippen LogP contribution in [0.4, 0.5) is 0 Å². The Bertz CT molecular complexity index is 526. The quantitative estimate of drug-likeness (QED) is 0.635. The molecule has 0 saturated heterocycles. The van der Waals surface area contributed by atoms with Gasteiger partial charge in [-0.2, -0.15) is 0 Å². The Morgan fingerprint density at radius 2 is 1.95 bits per heavy atom. The van der Waals surface area contributed by atoms with E-state index < -0.39 is 0 Å². The lowest BCUT2D eigenvalue weighted by Gasteiger charge is -2.18. The first kappa shape index (κ1) is 13.7. The van der Waals surface area contributed by atoms with Gasteiger partial charge in [-0.15, -0.1) is 5.10 Å². The number of hydrogen-bond donors (Lipinski definition) is 2. The Morgan fingerprint density at radius 1 is 1.26 bits per heavy atom. The zero-order valence-electron chi connectivity index (χ0n) is 11.7. The molecule has 5 nitrogen and oxygen atoms in total. The van der Waals surface area contributed by atoms with Gasteiger partial charge in [-0.1, -0.05) is 41.5 Å². The van der Waals surface area contributed by atoms with Crippen LogP contribution in [0, 0.1) is 13.8 Å². The topological polar surface area (TPSA) is 68.8 Å². The molecule has 0 amide bonds. The van der Waals surface area contributed by atoms with Crippen molar-refractivity contribution in [2.45, 2.75) is 39.8 Å². The average Bonchev–Trinajstić information content (AvgIpc) is 2.78. The molecular weight excluding hydrogens is 238 g/mol. The minimum atomic E-state index is -0.0832. The molecule has 1 heterocycles. The summed E-state index contributed by atoms with van der Waals surface area (Å²) in [5.41, 5.74) is 7.46. The normalized spacial score (nSPS) is 12.6. The van der Waals surface area contributed by atoms with Crippen LogP contribution in [-0.2, 0) is 6.54 Å². The second kappa shape index (κ2) is 5.95. The van der Waals surface area contributed by atoms with Crippen LogP contribution in [-0.4, -0.2) is 15.0 Å². The van der Waals surface area contributed by atoms with Gasteiger partial charge in [0.15, 0.2) is 0 Å². The van der Waals surface area contributed by atoms with E-state index in [9.17, 15) is 0 Å². The summed E-state index contributed by atoms with van der Waals surface area (Å²) in [6, 6.07) is 6.35. The van der Waals surface area contributed by atoms with E-state index in [4.69, 9.17) is 5.84 Å². The van der Waals surface area contributed by atoms with Gasteiger partial charge in [0.2, 0.25) is 0 Å². The molecule has 5 heteroatoms. The van der Waals surface area contributed by atoms with Crippen molar-refractivity contribution in [1.29, 1.82) is 0 Å². The molecule has 0 saturated carbocycles. The van der Waals surface area contributed by atoms with Crippen molar-refractivity contribution in [3.8, 4) is 0 Å². The SMILES string of the molecule is CCCn1nncc1C(NN)c1cc(C)cc(C)c1. The van der Waals surface area contributed by atoms with Crippen molar-refractivity contribution < 1.29 is 0 Å². The van der Waals surface area contributed by atoms with E-state index >= 15 is 0 Å². The van der Waals surface area contributed by atoms with E-state index in [2.05, 4.69) is 54.7 Å². The number of nitrogens with two attached hydrogens (primary N) is 1. The van der Waals surface area contributed by atoms with E-state index in [0.29, 0.717) is 0 Å². The molecule has 102 valence electrons. The van der Waals surface area contributed by atoms with Crippen molar-refractivity contribution in [3.63, 3.8) is 0 Å². The summed E-state index contributed by atoms with van der Waals surface area (Å²) in [4.78, 5) is 0. The highest BCUT2D eigenvalue weighted by Crippen LogP contribution is 2.22. The van der Waals surface area contributed by atoms with Crippen LogP contribution in [0.5, 0.6) is 0 Å². The summed E-state index contributed by atoms with van der Waals surface area (Å²) in [5.74, 6) is 5.74. The van der Waals surface area contributed by atoms with Crippen LogP contribution in [0.3, 0.4) is 0 Å². The van der Waals surface area contributed by atoms with E-state index in [1.54, 1.807) is 6.20 Å². The third kappa shape index (κ3) is 3.00. The van der Waals surface area contributed by atoms with Gasteiger partial charge in [-0.25, -0.2) is 10.1 Å². The summed E-state index contributed by atoms with van der Waals surface area (Å²) in [5, 5.41) is 8.11. The average molecular weight is 259 g/mol. The van der Waals surface area contributed by atoms with Crippen molar-refractivity contribution in [1.82, 2.24) is 20.4 Å². The predicted molar refractivity (Wildman–Crippen MR) is 75.4 cm³/mol. The Morgan fingerprint density at radius 3 is 2.53 bits per heavy atom. The summed E-state index contributed by atoms with van der Waals surface area (Å²) in [6.07, 6.45) is 2.79. The number of nitrogens with one attached hydrogen (secondary N) is 1. The van der Waals surface area contributed by atoms with Crippen LogP contribution in [0.2, 0.25) is 0 Å². The molecule has 3 N–H and O–H groups in total. The molecule has 19 heavy (non-hydrogen) atoms. The molecule has 1 aromatic carbocycles. The smallest absolute Gasteiger partial charge is 0.0894 e. The molecule has 1 aromatic heterocycles. The first-order chi connectivity index (χ1) is 9.15. The largest absolute Gasteiger partial charge is 0.271 e. The third-order valence-corrected chi connectivity index (χ3v) is 3.12. The predicted octanol–water partition coefficient (Wildman–Crippen LogP) is 1.86. The Balaban J connectivity index is 2.40. The van der Waals surface area contributed by atoms with Crippen molar-refractivity contribution in [2.24, 2.45) is 5.84 Å². The Labute approximate surface area is 113 Å². The minimum Gasteiger partial charge on any atom is -0.271 e. The van der Waals surface area contributed by atoms with E-state index in [1.807, 2.05) is 4.68 Å². The highest BCUT2D eigenvalue weighted by molar-refractivity contribution is 5.34. The van der Waals surface area contributed by atoms with E-state index in [-0.39, 0.29) is 6.04 Å². The fourth-order valence-corrected chi connectivity index (χ4v) is 2.40. The van der Waals surface area contributed by atoms with Gasteiger partial charge in [-0.3, -0.25) is 5.84 Å². The number of aryl methyl sites for hydroxylation is 3. The van der Waals surface area contributed by atoms with Crippen molar-refractivity contribution in [2.75, 3.05) is 0 Å². The zero-order chi connectivity index (χ0) is 13.8. The van der Waals surface area contributed by atoms with Crippen LogP contribution >= 0.6 is 0 Å². The molecule has 0 fully saturated rings. The van der Waals surface area contributed by atoms with Gasteiger partial charge in [0.1, 0.15) is 0 Å². The van der Waals surface area contributed by atoms with E-state index in [0.717, 1.165) is 24.2 Å². The molecule has 2 rings (SSSR count). The second-order valence-electron chi connectivity index (χ2n) is 4.90. The maximum Gasteiger partial charge on any atom is 0.0894 e. The zero-order valence-corrected chi connectivity index (χ0v) is 11.7. The van der Waals surface area contributed by atoms with Gasteiger partial charge >= 0.3 is 0 Å². The van der Waals surface area contributed by atoms with E-state index in [1.165, 1.54) is 11.1 Å². The van der Waals surface area contributed by atoms with Gasteiger partial charge in [0.05, 0.1) is 17.9 Å². The third-order valence-electron chi connectivity index (χ3n) is 3.12. The van der Waals surface area contributed by atoms with Gasteiger partial charge in [0, 0.05) is 6.54 Å². The Hall–Kier alpha value is -1.72. The van der Waals surface area contributed by atoms with Gasteiger partial charge < -0.3 is 0 Å². The molecular formula is C14H21N5. The van der Waals surface area contributed by atoms with Crippen molar-refractivity contribution >= 4 is 0 Å². The maximum absolute atomic E-state index is 5.74. The molecule has 0 aliphatic carbocycles. The Kier molecular flexibility index (Phi) is 4.29. The molecule has 0 aliphatic heterocycles. The fraction of sp³-hybridized carbons (Fsp3) is 0.429. The number of rotatable bonds is 5. The summed E-state index contributed by atoms with van der Waals surface area (Å²) < 4.78 is 1.90. The number of hydrazine groups is 1. The number of aromatic nitrogens is 3. The monoisotopic (exact) mass is 259 g/mol. The highest BCUT2D eigenvalue weighted by atomic mass is 15.4. The summed E-state index contributed by atoms with van der Waals surface area (Å²) >= 11 is 0. The standard InChI is InChI=1S/C14H21N5/c1-4-5-19-13(9-16-18-19)14(17-15)12-7-10(2)6-11(3)8-12/h6-9,14,17H,4-5,15H2,1-3H3. The molecule has 1 atom stereocenters. The second-order valence-corrected chi connectivity index (χ2v) is 4.90. The molecule has 0 spiro atoms.